The van der Waals surface area contributed by atoms with Gasteiger partial charge in [0.1, 0.15) is 6.61 Å². The van der Waals surface area contributed by atoms with Gasteiger partial charge in [0.25, 0.3) is 0 Å². The van der Waals surface area contributed by atoms with Gasteiger partial charge in [-0.25, -0.2) is 0 Å². The van der Waals surface area contributed by atoms with Crippen LogP contribution in [-0.2, 0) is 13.2 Å². The van der Waals surface area contributed by atoms with Gasteiger partial charge in [0.05, 0.1) is 10.0 Å². The minimum atomic E-state index is 0.231. The van der Waals surface area contributed by atoms with Crippen molar-refractivity contribution in [3.63, 3.8) is 0 Å². The Morgan fingerprint density at radius 1 is 0.786 bits per heavy atom. The second-order valence-electron chi connectivity index (χ2n) is 6.23. The van der Waals surface area contributed by atoms with Gasteiger partial charge < -0.3 is 10.1 Å². The molecule has 0 unspecified atom stereocenters. The molecule has 7 heteroatoms. The summed E-state index contributed by atoms with van der Waals surface area (Å²) in [5, 5.41) is 5.96. The second-order valence-corrected chi connectivity index (χ2v) is 8.32. The van der Waals surface area contributed by atoms with Crippen LogP contribution in [0.1, 0.15) is 16.7 Å². The lowest BCUT2D eigenvalue weighted by Gasteiger charge is -2.14. The Labute approximate surface area is 189 Å². The van der Waals surface area contributed by atoms with E-state index in [1.165, 1.54) is 0 Å². The standard InChI is InChI=1S/C21H16Cl5NO/c1-12-2-4-16(23)9-20(12)27-10-13-6-18(25)21(19(26)7-13)28-11-14-3-5-15(22)8-17(14)24/h2-9,27H,10-11H2,1H3. The van der Waals surface area contributed by atoms with E-state index in [0.717, 1.165) is 22.4 Å². The fourth-order valence-corrected chi connectivity index (χ4v) is 3.90. The van der Waals surface area contributed by atoms with Crippen LogP contribution >= 0.6 is 58.0 Å². The number of nitrogens with one attached hydrogen (secondary N) is 1. The second kappa shape index (κ2) is 9.47. The summed E-state index contributed by atoms with van der Waals surface area (Å²) >= 11 is 30.9. The van der Waals surface area contributed by atoms with Crippen LogP contribution in [0.4, 0.5) is 5.69 Å². The molecule has 1 N–H and O–H groups in total. The zero-order valence-electron chi connectivity index (χ0n) is 14.8. The van der Waals surface area contributed by atoms with Gasteiger partial charge >= 0.3 is 0 Å². The first-order valence-electron chi connectivity index (χ1n) is 8.38. The highest BCUT2D eigenvalue weighted by Crippen LogP contribution is 2.36. The van der Waals surface area contributed by atoms with E-state index in [-0.39, 0.29) is 6.61 Å². The van der Waals surface area contributed by atoms with Crippen LogP contribution in [0.2, 0.25) is 25.1 Å². The van der Waals surface area contributed by atoms with E-state index in [9.17, 15) is 0 Å². The third kappa shape index (κ3) is 5.40. The van der Waals surface area contributed by atoms with E-state index in [1.807, 2.05) is 37.3 Å². The molecule has 0 aliphatic rings. The first-order valence-corrected chi connectivity index (χ1v) is 10.3. The first kappa shape index (κ1) is 21.4. The molecule has 0 aliphatic carbocycles. The van der Waals surface area contributed by atoms with Crippen LogP contribution < -0.4 is 10.1 Å². The molecule has 3 aromatic rings. The molecule has 0 fully saturated rings. The molecule has 2 nitrogen and oxygen atoms in total. The Morgan fingerprint density at radius 3 is 2.11 bits per heavy atom. The Kier molecular flexibility index (Phi) is 7.25. The van der Waals surface area contributed by atoms with Crippen molar-refractivity contribution >= 4 is 63.7 Å². The number of anilines is 1. The molecule has 0 aromatic heterocycles. The number of rotatable bonds is 6. The normalized spacial score (nSPS) is 10.8. The molecule has 146 valence electrons. The number of benzene rings is 3. The zero-order chi connectivity index (χ0) is 20.3. The molecule has 3 rings (SSSR count). The van der Waals surface area contributed by atoms with Crippen molar-refractivity contribution in [3.05, 3.63) is 90.3 Å². The highest BCUT2D eigenvalue weighted by atomic mass is 35.5. The average Bonchev–Trinajstić information content (AvgIpc) is 2.63. The highest BCUT2D eigenvalue weighted by molar-refractivity contribution is 6.37. The molecular formula is C21H16Cl5NO. The molecular weight excluding hydrogens is 460 g/mol. The van der Waals surface area contributed by atoms with Crippen molar-refractivity contribution in [2.75, 3.05) is 5.32 Å². The molecule has 0 spiro atoms. The van der Waals surface area contributed by atoms with E-state index in [2.05, 4.69) is 5.32 Å². The van der Waals surface area contributed by atoms with Crippen molar-refractivity contribution in [1.82, 2.24) is 0 Å². The lowest BCUT2D eigenvalue weighted by atomic mass is 10.1. The van der Waals surface area contributed by atoms with Crippen molar-refractivity contribution in [2.24, 2.45) is 0 Å². The van der Waals surface area contributed by atoms with E-state index < -0.39 is 0 Å². The van der Waals surface area contributed by atoms with Gasteiger partial charge in [0, 0.05) is 32.9 Å². The number of aryl methyl sites for hydroxylation is 1. The Bertz CT molecular complexity index is 983. The number of ether oxygens (including phenoxy) is 1. The zero-order valence-corrected chi connectivity index (χ0v) is 18.6. The monoisotopic (exact) mass is 473 g/mol. The summed E-state index contributed by atoms with van der Waals surface area (Å²) in [5.74, 6) is 0.414. The van der Waals surface area contributed by atoms with Crippen LogP contribution in [0.15, 0.2) is 48.5 Å². The minimum Gasteiger partial charge on any atom is -0.486 e. The fourth-order valence-electron chi connectivity index (χ4n) is 2.62. The topological polar surface area (TPSA) is 21.3 Å². The summed E-state index contributed by atoms with van der Waals surface area (Å²) in [6, 6.07) is 14.6. The number of hydrogen-bond acceptors (Lipinski definition) is 2. The maximum absolute atomic E-state index is 6.39. The van der Waals surface area contributed by atoms with E-state index in [1.54, 1.807) is 18.2 Å². The minimum absolute atomic E-state index is 0.231. The number of hydrogen-bond donors (Lipinski definition) is 1. The maximum atomic E-state index is 6.39. The van der Waals surface area contributed by atoms with Gasteiger partial charge in [-0.2, -0.15) is 0 Å². The van der Waals surface area contributed by atoms with Crippen LogP contribution in [0.3, 0.4) is 0 Å². The molecule has 0 aliphatic heterocycles. The predicted molar refractivity (Wildman–Crippen MR) is 121 cm³/mol. The van der Waals surface area contributed by atoms with Gasteiger partial charge in [0.15, 0.2) is 5.75 Å². The van der Waals surface area contributed by atoms with Crippen LogP contribution in [0.25, 0.3) is 0 Å². The van der Waals surface area contributed by atoms with E-state index in [0.29, 0.717) is 37.4 Å². The van der Waals surface area contributed by atoms with Crippen molar-refractivity contribution in [1.29, 1.82) is 0 Å². The molecule has 3 aromatic carbocycles. The van der Waals surface area contributed by atoms with Crippen LogP contribution in [-0.4, -0.2) is 0 Å². The lowest BCUT2D eigenvalue weighted by Crippen LogP contribution is -2.02. The largest absolute Gasteiger partial charge is 0.486 e. The SMILES string of the molecule is Cc1ccc(Cl)cc1NCc1cc(Cl)c(OCc2ccc(Cl)cc2Cl)c(Cl)c1. The van der Waals surface area contributed by atoms with E-state index >= 15 is 0 Å². The first-order chi connectivity index (χ1) is 13.3. The number of halogens is 5. The molecule has 0 bridgehead atoms. The maximum Gasteiger partial charge on any atom is 0.156 e. The van der Waals surface area contributed by atoms with Gasteiger partial charge in [0.2, 0.25) is 0 Å². The summed E-state index contributed by atoms with van der Waals surface area (Å²) in [4.78, 5) is 0. The predicted octanol–water partition coefficient (Wildman–Crippen LogP) is 8.45. The molecule has 0 atom stereocenters. The Morgan fingerprint density at radius 2 is 1.43 bits per heavy atom. The van der Waals surface area contributed by atoms with Gasteiger partial charge in [-0.15, -0.1) is 0 Å². The van der Waals surface area contributed by atoms with Crippen molar-refractivity contribution in [2.45, 2.75) is 20.1 Å². The van der Waals surface area contributed by atoms with Crippen molar-refractivity contribution < 1.29 is 4.74 Å². The van der Waals surface area contributed by atoms with Crippen LogP contribution in [0.5, 0.6) is 5.75 Å². The van der Waals surface area contributed by atoms with Crippen LogP contribution in [0, 0.1) is 6.92 Å². The molecule has 0 amide bonds. The molecule has 0 saturated heterocycles. The van der Waals surface area contributed by atoms with Gasteiger partial charge in [-0.05, 0) is 54.4 Å². The summed E-state index contributed by atoms with van der Waals surface area (Å²) in [6.45, 7) is 2.79. The van der Waals surface area contributed by atoms with Gasteiger partial charge in [-0.3, -0.25) is 0 Å². The summed E-state index contributed by atoms with van der Waals surface area (Å²) in [6.07, 6.45) is 0. The third-order valence-electron chi connectivity index (χ3n) is 4.13. The molecule has 0 heterocycles. The Hall–Kier alpha value is -1.29. The smallest absolute Gasteiger partial charge is 0.156 e. The molecule has 0 radical (unpaired) electrons. The summed E-state index contributed by atoms with van der Waals surface area (Å²) in [5.41, 5.74) is 3.77. The molecule has 0 saturated carbocycles. The molecule has 28 heavy (non-hydrogen) atoms. The third-order valence-corrected chi connectivity index (χ3v) is 5.51. The average molecular weight is 476 g/mol. The van der Waals surface area contributed by atoms with E-state index in [4.69, 9.17) is 62.7 Å². The van der Waals surface area contributed by atoms with Crippen molar-refractivity contribution in [3.8, 4) is 5.75 Å². The summed E-state index contributed by atoms with van der Waals surface area (Å²) < 4.78 is 5.80. The Balaban J connectivity index is 1.71. The quantitative estimate of drug-likeness (QED) is 0.386. The van der Waals surface area contributed by atoms with Gasteiger partial charge in [-0.1, -0.05) is 70.1 Å². The fraction of sp³-hybridized carbons (Fsp3) is 0.143. The lowest BCUT2D eigenvalue weighted by molar-refractivity contribution is 0.306. The highest BCUT2D eigenvalue weighted by Gasteiger charge is 2.12. The summed E-state index contributed by atoms with van der Waals surface area (Å²) in [7, 11) is 0.